The number of carbonyl (C=O) groups is 2. The molecule has 1 aromatic carbocycles. The minimum atomic E-state index is -0.984. The van der Waals surface area contributed by atoms with Crippen molar-refractivity contribution < 1.29 is 38.0 Å². The number of carbonyl (C=O) groups excluding carboxylic acids is 2. The van der Waals surface area contributed by atoms with Crippen LogP contribution in [0.5, 0.6) is 17.2 Å². The molecular weight excluding hydrogens is 452 g/mol. The van der Waals surface area contributed by atoms with E-state index < -0.39 is 16.9 Å². The highest BCUT2D eigenvalue weighted by Gasteiger charge is 2.73. The van der Waals surface area contributed by atoms with Crippen LogP contribution < -0.4 is 14.2 Å². The Bertz CT molecular complexity index is 1150. The predicted molar refractivity (Wildman–Crippen MR) is 128 cm³/mol. The summed E-state index contributed by atoms with van der Waals surface area (Å²) >= 11 is 0. The smallest absolute Gasteiger partial charge is 0.308 e. The van der Waals surface area contributed by atoms with Crippen molar-refractivity contribution in [3.63, 3.8) is 0 Å². The molecule has 8 nitrogen and oxygen atoms in total. The summed E-state index contributed by atoms with van der Waals surface area (Å²) in [6.07, 6.45) is 1.52. The van der Waals surface area contributed by atoms with Crippen molar-refractivity contribution >= 4 is 11.8 Å². The highest BCUT2D eigenvalue weighted by molar-refractivity contribution is 6.06. The number of fused-ring (bicyclic) bond motifs is 1. The maximum atomic E-state index is 13.2. The fourth-order valence-electron chi connectivity index (χ4n) is 6.41. The Labute approximate surface area is 206 Å². The van der Waals surface area contributed by atoms with Crippen LogP contribution in [-0.4, -0.2) is 53.4 Å². The van der Waals surface area contributed by atoms with Gasteiger partial charge >= 0.3 is 5.97 Å². The quantitative estimate of drug-likeness (QED) is 0.539. The van der Waals surface area contributed by atoms with E-state index in [1.54, 1.807) is 41.3 Å². The van der Waals surface area contributed by atoms with Crippen molar-refractivity contribution in [1.29, 1.82) is 0 Å². The van der Waals surface area contributed by atoms with Gasteiger partial charge in [-0.15, -0.1) is 0 Å². The molecule has 3 aliphatic rings. The standard InChI is InChI=1S/C27H34O8/c1-13(2)25(29)35-20-14(3)26(4)12-15-10-18(30-5)22(32-7)23(33-8)19(15)27(26)16(20)11-17(28)21(31-6)24(27)34-9/h10-11,13-14,20H,12H2,1-9H3/t14-,20+,26+,27+/m0/s1. The average molecular weight is 487 g/mol. The third kappa shape index (κ3) is 2.98. The molecule has 0 aromatic heterocycles. The molecule has 190 valence electrons. The van der Waals surface area contributed by atoms with Crippen LogP contribution >= 0.6 is 0 Å². The van der Waals surface area contributed by atoms with Crippen molar-refractivity contribution in [2.75, 3.05) is 35.5 Å². The molecule has 8 heteroatoms. The van der Waals surface area contributed by atoms with Gasteiger partial charge in [0.05, 0.1) is 46.9 Å². The summed E-state index contributed by atoms with van der Waals surface area (Å²) in [5.41, 5.74) is 0.910. The fraction of sp³-hybridized carbons (Fsp3) is 0.556. The first-order chi connectivity index (χ1) is 16.6. The minimum absolute atomic E-state index is 0.121. The molecule has 3 aliphatic carbocycles. The summed E-state index contributed by atoms with van der Waals surface area (Å²) in [6, 6.07) is 1.95. The van der Waals surface area contributed by atoms with Crippen LogP contribution in [0.1, 0.15) is 38.8 Å². The lowest BCUT2D eigenvalue weighted by Crippen LogP contribution is -2.45. The van der Waals surface area contributed by atoms with Gasteiger partial charge in [0.15, 0.2) is 17.3 Å². The zero-order valence-corrected chi connectivity index (χ0v) is 21.9. The van der Waals surface area contributed by atoms with E-state index >= 15 is 0 Å². The molecule has 0 unspecified atom stereocenters. The summed E-state index contributed by atoms with van der Waals surface area (Å²) in [6.45, 7) is 7.77. The lowest BCUT2D eigenvalue weighted by Gasteiger charge is -2.43. The summed E-state index contributed by atoms with van der Waals surface area (Å²) in [5.74, 6) is 0.829. The number of ketones is 1. The Kier molecular flexibility index (Phi) is 6.06. The maximum Gasteiger partial charge on any atom is 0.308 e. The molecule has 4 atom stereocenters. The van der Waals surface area contributed by atoms with Crippen LogP contribution in [0.3, 0.4) is 0 Å². The molecule has 4 rings (SSSR count). The van der Waals surface area contributed by atoms with Gasteiger partial charge in [-0.1, -0.05) is 27.7 Å². The molecule has 0 saturated heterocycles. The van der Waals surface area contributed by atoms with E-state index in [2.05, 4.69) is 13.8 Å². The highest BCUT2D eigenvalue weighted by atomic mass is 16.5. The number of benzene rings is 1. The third-order valence-electron chi connectivity index (χ3n) is 8.08. The topological polar surface area (TPSA) is 89.5 Å². The van der Waals surface area contributed by atoms with E-state index in [9.17, 15) is 9.59 Å². The first-order valence-electron chi connectivity index (χ1n) is 11.7. The zero-order valence-electron chi connectivity index (χ0n) is 21.9. The number of hydrogen-bond donors (Lipinski definition) is 0. The lowest BCUT2D eigenvalue weighted by molar-refractivity contribution is -0.153. The molecule has 0 aliphatic heterocycles. The number of esters is 1. The molecule has 35 heavy (non-hydrogen) atoms. The molecule has 0 bridgehead atoms. The van der Waals surface area contributed by atoms with Gasteiger partial charge < -0.3 is 28.4 Å². The lowest BCUT2D eigenvalue weighted by atomic mass is 9.60. The van der Waals surface area contributed by atoms with Crippen LogP contribution in [0, 0.1) is 17.3 Å². The Morgan fingerprint density at radius 2 is 1.66 bits per heavy atom. The monoisotopic (exact) mass is 486 g/mol. The normalized spacial score (nSPS) is 28.7. The summed E-state index contributed by atoms with van der Waals surface area (Å²) in [5, 5.41) is 0. The van der Waals surface area contributed by atoms with E-state index in [-0.39, 0.29) is 29.3 Å². The molecule has 0 N–H and O–H groups in total. The number of methoxy groups -OCH3 is 5. The van der Waals surface area contributed by atoms with E-state index in [1.807, 2.05) is 6.07 Å². The summed E-state index contributed by atoms with van der Waals surface area (Å²) in [4.78, 5) is 26.0. The van der Waals surface area contributed by atoms with Crippen LogP contribution in [0.15, 0.2) is 29.2 Å². The van der Waals surface area contributed by atoms with Crippen LogP contribution in [0.2, 0.25) is 0 Å². The van der Waals surface area contributed by atoms with E-state index in [0.29, 0.717) is 35.0 Å². The van der Waals surface area contributed by atoms with Crippen molar-refractivity contribution in [2.24, 2.45) is 17.3 Å². The van der Waals surface area contributed by atoms with Gasteiger partial charge in [-0.3, -0.25) is 9.59 Å². The van der Waals surface area contributed by atoms with Gasteiger partial charge in [-0.2, -0.15) is 0 Å². The Morgan fingerprint density at radius 1 is 1.00 bits per heavy atom. The zero-order chi connectivity index (χ0) is 25.9. The van der Waals surface area contributed by atoms with Gasteiger partial charge in [-0.25, -0.2) is 0 Å². The van der Waals surface area contributed by atoms with E-state index in [4.69, 9.17) is 28.4 Å². The summed E-state index contributed by atoms with van der Waals surface area (Å²) in [7, 11) is 7.69. The number of allylic oxidation sites excluding steroid dienone is 2. The van der Waals surface area contributed by atoms with E-state index in [1.165, 1.54) is 14.2 Å². The van der Waals surface area contributed by atoms with Crippen molar-refractivity contribution in [1.82, 2.24) is 0 Å². The second-order valence-corrected chi connectivity index (χ2v) is 9.85. The molecule has 0 amide bonds. The molecule has 1 aromatic rings. The molecule has 1 fully saturated rings. The summed E-state index contributed by atoms with van der Waals surface area (Å²) < 4.78 is 35.0. The van der Waals surface area contributed by atoms with Crippen molar-refractivity contribution in [2.45, 2.75) is 45.6 Å². The van der Waals surface area contributed by atoms with Gasteiger partial charge in [0, 0.05) is 11.5 Å². The molecular formula is C27H34O8. The molecule has 1 spiro atoms. The van der Waals surface area contributed by atoms with Gasteiger partial charge in [-0.05, 0) is 35.1 Å². The van der Waals surface area contributed by atoms with Gasteiger partial charge in [0.25, 0.3) is 0 Å². The maximum absolute atomic E-state index is 13.2. The van der Waals surface area contributed by atoms with Gasteiger partial charge in [0.1, 0.15) is 6.10 Å². The van der Waals surface area contributed by atoms with Crippen LogP contribution in [0.25, 0.3) is 0 Å². The number of rotatable bonds is 7. The van der Waals surface area contributed by atoms with Crippen LogP contribution in [-0.2, 0) is 35.6 Å². The van der Waals surface area contributed by atoms with Gasteiger partial charge in [0.2, 0.25) is 17.3 Å². The van der Waals surface area contributed by atoms with Crippen molar-refractivity contribution in [3.8, 4) is 17.2 Å². The number of hydrogen-bond acceptors (Lipinski definition) is 8. The van der Waals surface area contributed by atoms with E-state index in [0.717, 1.165) is 11.1 Å². The molecule has 0 radical (unpaired) electrons. The third-order valence-corrected chi connectivity index (χ3v) is 8.08. The molecule has 0 heterocycles. The second-order valence-electron chi connectivity index (χ2n) is 9.85. The number of ether oxygens (including phenoxy) is 6. The Hall–Kier alpha value is -3.16. The molecule has 1 saturated carbocycles. The highest BCUT2D eigenvalue weighted by Crippen LogP contribution is 2.73. The largest absolute Gasteiger partial charge is 0.496 e. The first kappa shape index (κ1) is 24.9. The minimum Gasteiger partial charge on any atom is -0.496 e. The van der Waals surface area contributed by atoms with Crippen molar-refractivity contribution in [3.05, 3.63) is 40.4 Å². The Morgan fingerprint density at radius 3 is 2.17 bits per heavy atom. The SMILES string of the molecule is COC1=C(OC)[C@]23C(=CC1=O)[C@H](OC(=O)C(C)C)[C@H](C)[C@@]2(C)Cc1cc(OC)c(OC)c(OC)c13. The predicted octanol–water partition coefficient (Wildman–Crippen LogP) is 3.74. The average Bonchev–Trinajstić information content (AvgIpc) is 3.19. The first-order valence-corrected chi connectivity index (χ1v) is 11.7. The Balaban J connectivity index is 2.14. The van der Waals surface area contributed by atoms with Crippen LogP contribution in [0.4, 0.5) is 0 Å². The second kappa shape index (κ2) is 8.50. The fourth-order valence-corrected chi connectivity index (χ4v) is 6.41.